The number of nitrogens with one attached hydrogen (secondary N) is 1. The van der Waals surface area contributed by atoms with E-state index in [1.165, 1.54) is 4.31 Å². The first-order valence-corrected chi connectivity index (χ1v) is 11.3. The van der Waals surface area contributed by atoms with Crippen molar-refractivity contribution in [3.05, 3.63) is 29.8 Å². The molecule has 2 aliphatic heterocycles. The normalized spacial score (nSPS) is 20.1. The third-order valence-electron chi connectivity index (χ3n) is 5.77. The molecule has 8 heteroatoms. The van der Waals surface area contributed by atoms with E-state index in [-0.39, 0.29) is 23.8 Å². The smallest absolute Gasteiger partial charge is 0.243 e. The topological polar surface area (TPSA) is 86.8 Å². The maximum Gasteiger partial charge on any atom is 0.243 e. The summed E-state index contributed by atoms with van der Waals surface area (Å²) in [6.07, 6.45) is 2.60. The summed E-state index contributed by atoms with van der Waals surface area (Å²) in [7, 11) is -3.51. The molecule has 7 nitrogen and oxygen atoms in total. The van der Waals surface area contributed by atoms with Crippen LogP contribution in [0, 0.1) is 12.8 Å². The molecule has 1 N–H and O–H groups in total. The summed E-state index contributed by atoms with van der Waals surface area (Å²) in [6.45, 7) is 5.55. The van der Waals surface area contributed by atoms with Crippen molar-refractivity contribution in [2.45, 2.75) is 50.5 Å². The fraction of sp³-hybridized carbons (Fsp3) is 0.600. The number of carbonyl (C=O) groups is 2. The van der Waals surface area contributed by atoms with Crippen LogP contribution in [-0.2, 0) is 19.6 Å². The number of hydrogen-bond acceptors (Lipinski definition) is 4. The van der Waals surface area contributed by atoms with Crippen LogP contribution in [0.3, 0.4) is 0 Å². The van der Waals surface area contributed by atoms with Gasteiger partial charge in [-0.15, -0.1) is 0 Å². The highest BCUT2D eigenvalue weighted by Crippen LogP contribution is 2.24. The molecule has 0 radical (unpaired) electrons. The lowest BCUT2D eigenvalue weighted by Crippen LogP contribution is -2.49. The number of carbonyl (C=O) groups excluding carboxylic acids is 2. The molecule has 2 heterocycles. The summed E-state index contributed by atoms with van der Waals surface area (Å²) in [5.74, 6) is -0.0732. The molecule has 0 unspecified atom stereocenters. The quantitative estimate of drug-likeness (QED) is 0.820. The van der Waals surface area contributed by atoms with Gasteiger partial charge in [0.05, 0.1) is 4.90 Å². The summed E-state index contributed by atoms with van der Waals surface area (Å²) in [6, 6.07) is 6.96. The van der Waals surface area contributed by atoms with Crippen molar-refractivity contribution in [3.63, 3.8) is 0 Å². The Kier molecular flexibility index (Phi) is 6.40. The van der Waals surface area contributed by atoms with E-state index in [2.05, 4.69) is 5.32 Å². The monoisotopic (exact) mass is 407 g/mol. The molecular weight excluding hydrogens is 378 g/mol. The van der Waals surface area contributed by atoms with Gasteiger partial charge in [-0.1, -0.05) is 17.7 Å². The van der Waals surface area contributed by atoms with Crippen molar-refractivity contribution in [3.8, 4) is 0 Å². The van der Waals surface area contributed by atoms with E-state index in [1.807, 2.05) is 6.92 Å². The van der Waals surface area contributed by atoms with Gasteiger partial charge in [0.1, 0.15) is 0 Å². The molecule has 3 rings (SSSR count). The minimum atomic E-state index is -3.51. The van der Waals surface area contributed by atoms with Crippen molar-refractivity contribution in [2.75, 3.05) is 26.2 Å². The summed E-state index contributed by atoms with van der Waals surface area (Å²) >= 11 is 0. The van der Waals surface area contributed by atoms with Crippen molar-refractivity contribution in [1.29, 1.82) is 0 Å². The van der Waals surface area contributed by atoms with Crippen LogP contribution in [0.25, 0.3) is 0 Å². The number of likely N-dealkylation sites (tertiary alicyclic amines) is 1. The second-order valence-corrected chi connectivity index (χ2v) is 9.72. The van der Waals surface area contributed by atoms with E-state index in [1.54, 1.807) is 36.1 Å². The standard InChI is InChI=1S/C20H29N3O4S/c1-15-3-5-19(6-4-15)28(26,27)23-13-7-17(8-14-23)20(25)21-18-9-11-22(12-10-18)16(2)24/h3-6,17-18H,7-14H2,1-2H3,(H,21,25). The largest absolute Gasteiger partial charge is 0.353 e. The van der Waals surface area contributed by atoms with Crippen LogP contribution in [-0.4, -0.2) is 61.7 Å². The van der Waals surface area contributed by atoms with E-state index < -0.39 is 10.0 Å². The van der Waals surface area contributed by atoms with Gasteiger partial charge < -0.3 is 10.2 Å². The van der Waals surface area contributed by atoms with Gasteiger partial charge in [-0.3, -0.25) is 9.59 Å². The average molecular weight is 408 g/mol. The lowest BCUT2D eigenvalue weighted by atomic mass is 9.96. The third kappa shape index (κ3) is 4.72. The van der Waals surface area contributed by atoms with Gasteiger partial charge in [-0.05, 0) is 44.7 Å². The number of piperidine rings is 2. The second kappa shape index (κ2) is 8.61. The minimum absolute atomic E-state index is 0.00802. The average Bonchev–Trinajstić information content (AvgIpc) is 2.69. The predicted octanol–water partition coefficient (Wildman–Crippen LogP) is 1.52. The molecule has 1 aromatic rings. The van der Waals surface area contributed by atoms with Gasteiger partial charge in [-0.25, -0.2) is 8.42 Å². The van der Waals surface area contributed by atoms with Crippen LogP contribution < -0.4 is 5.32 Å². The van der Waals surface area contributed by atoms with Gasteiger partial charge >= 0.3 is 0 Å². The molecule has 2 amide bonds. The maximum atomic E-state index is 12.8. The van der Waals surface area contributed by atoms with E-state index in [4.69, 9.17) is 0 Å². The summed E-state index contributed by atoms with van der Waals surface area (Å²) in [5, 5.41) is 3.09. The van der Waals surface area contributed by atoms with Gasteiger partial charge in [0, 0.05) is 45.1 Å². The van der Waals surface area contributed by atoms with Crippen LogP contribution in [0.5, 0.6) is 0 Å². The Labute approximate surface area is 167 Å². The Balaban J connectivity index is 1.50. The van der Waals surface area contributed by atoms with Crippen molar-refractivity contribution < 1.29 is 18.0 Å². The second-order valence-electron chi connectivity index (χ2n) is 7.78. The Bertz CT molecular complexity index is 806. The van der Waals surface area contributed by atoms with Crippen LogP contribution in [0.1, 0.15) is 38.2 Å². The fourth-order valence-electron chi connectivity index (χ4n) is 3.88. The molecule has 28 heavy (non-hydrogen) atoms. The molecule has 2 fully saturated rings. The van der Waals surface area contributed by atoms with Gasteiger partial charge in [0.25, 0.3) is 0 Å². The Morgan fingerprint density at radius 2 is 1.54 bits per heavy atom. The predicted molar refractivity (Wildman–Crippen MR) is 106 cm³/mol. The van der Waals surface area contributed by atoms with Crippen LogP contribution in [0.4, 0.5) is 0 Å². The lowest BCUT2D eigenvalue weighted by molar-refractivity contribution is -0.130. The van der Waals surface area contributed by atoms with Gasteiger partial charge in [0.15, 0.2) is 0 Å². The van der Waals surface area contributed by atoms with Gasteiger partial charge in [0.2, 0.25) is 21.8 Å². The first-order chi connectivity index (χ1) is 13.3. The van der Waals surface area contributed by atoms with Gasteiger partial charge in [-0.2, -0.15) is 4.31 Å². The zero-order chi connectivity index (χ0) is 20.3. The van der Waals surface area contributed by atoms with E-state index in [0.717, 1.165) is 18.4 Å². The molecule has 0 aliphatic carbocycles. The number of sulfonamides is 1. The number of nitrogens with zero attached hydrogens (tertiary/aromatic N) is 2. The lowest BCUT2D eigenvalue weighted by Gasteiger charge is -2.34. The zero-order valence-electron chi connectivity index (χ0n) is 16.6. The summed E-state index contributed by atoms with van der Waals surface area (Å²) in [4.78, 5) is 26.1. The highest BCUT2D eigenvalue weighted by molar-refractivity contribution is 7.89. The molecule has 2 saturated heterocycles. The SMILES string of the molecule is CC(=O)N1CCC(NC(=O)C2CCN(S(=O)(=O)c3ccc(C)cc3)CC2)CC1. The summed E-state index contributed by atoms with van der Waals surface area (Å²) in [5.41, 5.74) is 1.02. The highest BCUT2D eigenvalue weighted by Gasteiger charge is 2.33. The number of aryl methyl sites for hydroxylation is 1. The summed E-state index contributed by atoms with van der Waals surface area (Å²) < 4.78 is 27.0. The van der Waals surface area contributed by atoms with E-state index in [9.17, 15) is 18.0 Å². The number of rotatable bonds is 4. The number of hydrogen-bond donors (Lipinski definition) is 1. The molecule has 0 bridgehead atoms. The first kappa shape index (κ1) is 20.8. The molecule has 1 aromatic carbocycles. The molecule has 0 atom stereocenters. The maximum absolute atomic E-state index is 12.8. The number of amides is 2. The zero-order valence-corrected chi connectivity index (χ0v) is 17.4. The third-order valence-corrected chi connectivity index (χ3v) is 7.68. The Morgan fingerprint density at radius 3 is 2.07 bits per heavy atom. The van der Waals surface area contributed by atoms with Crippen LogP contribution in [0.15, 0.2) is 29.2 Å². The Hall–Kier alpha value is -1.93. The van der Waals surface area contributed by atoms with Crippen molar-refractivity contribution in [2.24, 2.45) is 5.92 Å². The molecule has 0 aromatic heterocycles. The molecule has 0 saturated carbocycles. The molecule has 154 valence electrons. The van der Waals surface area contributed by atoms with E-state index in [0.29, 0.717) is 43.9 Å². The van der Waals surface area contributed by atoms with Crippen LogP contribution in [0.2, 0.25) is 0 Å². The Morgan fingerprint density at radius 1 is 0.964 bits per heavy atom. The van der Waals surface area contributed by atoms with Crippen molar-refractivity contribution >= 4 is 21.8 Å². The minimum Gasteiger partial charge on any atom is -0.353 e. The van der Waals surface area contributed by atoms with Crippen molar-refractivity contribution in [1.82, 2.24) is 14.5 Å². The fourth-order valence-corrected chi connectivity index (χ4v) is 5.35. The number of benzene rings is 1. The van der Waals surface area contributed by atoms with E-state index >= 15 is 0 Å². The molecule has 2 aliphatic rings. The highest BCUT2D eigenvalue weighted by atomic mass is 32.2. The first-order valence-electron chi connectivity index (χ1n) is 9.90. The van der Waals surface area contributed by atoms with Crippen LogP contribution >= 0.6 is 0 Å². The molecular formula is C20H29N3O4S. The molecule has 0 spiro atoms.